The van der Waals surface area contributed by atoms with Gasteiger partial charge in [0.15, 0.2) is 0 Å². The number of aliphatic hydroxyl groups is 1. The van der Waals surface area contributed by atoms with Gasteiger partial charge in [-0.25, -0.2) is 0 Å². The Bertz CT molecular complexity index is 727. The maximum atomic E-state index is 12.1. The molecule has 1 heterocycles. The number of aliphatic hydroxyl groups excluding tert-OH is 1. The molecule has 0 aliphatic carbocycles. The van der Waals surface area contributed by atoms with Crippen LogP contribution < -0.4 is 0 Å². The largest absolute Gasteiger partial charge is 0.394 e. The minimum Gasteiger partial charge on any atom is -0.394 e. The Morgan fingerprint density at radius 2 is 2.00 bits per heavy atom. The SMILES string of the molecule is CN(C)C(=O)c1cccc(CN2CCc3ccccc3C2CO)c1. The Hall–Kier alpha value is -2.17. The third-order valence-electron chi connectivity index (χ3n) is 4.66. The van der Waals surface area contributed by atoms with Crippen molar-refractivity contribution in [2.24, 2.45) is 0 Å². The Morgan fingerprint density at radius 3 is 2.75 bits per heavy atom. The van der Waals surface area contributed by atoms with E-state index in [4.69, 9.17) is 0 Å². The highest BCUT2D eigenvalue weighted by atomic mass is 16.3. The molecule has 2 aromatic carbocycles. The van der Waals surface area contributed by atoms with Gasteiger partial charge in [-0.15, -0.1) is 0 Å². The molecule has 4 nitrogen and oxygen atoms in total. The van der Waals surface area contributed by atoms with Gasteiger partial charge in [-0.1, -0.05) is 36.4 Å². The molecule has 1 amide bonds. The first-order valence-electron chi connectivity index (χ1n) is 8.33. The van der Waals surface area contributed by atoms with E-state index in [1.54, 1.807) is 19.0 Å². The molecule has 1 atom stereocenters. The van der Waals surface area contributed by atoms with Crippen LogP contribution in [0.5, 0.6) is 0 Å². The van der Waals surface area contributed by atoms with Gasteiger partial charge in [0.2, 0.25) is 0 Å². The molecule has 126 valence electrons. The molecule has 0 bridgehead atoms. The average Bonchev–Trinajstić information content (AvgIpc) is 2.61. The number of nitrogens with zero attached hydrogens (tertiary/aromatic N) is 2. The predicted octanol–water partition coefficient (Wildman–Crippen LogP) is 2.48. The fourth-order valence-electron chi connectivity index (χ4n) is 3.40. The lowest BCUT2D eigenvalue weighted by atomic mass is 9.92. The van der Waals surface area contributed by atoms with Crippen molar-refractivity contribution in [3.8, 4) is 0 Å². The molecule has 0 aromatic heterocycles. The van der Waals surface area contributed by atoms with Crippen molar-refractivity contribution in [2.75, 3.05) is 27.2 Å². The van der Waals surface area contributed by atoms with E-state index in [0.29, 0.717) is 5.56 Å². The van der Waals surface area contributed by atoms with E-state index in [9.17, 15) is 9.90 Å². The molecule has 1 aliphatic rings. The van der Waals surface area contributed by atoms with Crippen molar-refractivity contribution < 1.29 is 9.90 Å². The second-order valence-electron chi connectivity index (χ2n) is 6.52. The molecule has 1 unspecified atom stereocenters. The van der Waals surface area contributed by atoms with E-state index < -0.39 is 0 Å². The van der Waals surface area contributed by atoms with Gasteiger partial charge in [0.05, 0.1) is 12.6 Å². The Balaban J connectivity index is 1.81. The van der Waals surface area contributed by atoms with Crippen LogP contribution in [-0.4, -0.2) is 48.1 Å². The maximum Gasteiger partial charge on any atom is 0.253 e. The summed E-state index contributed by atoms with van der Waals surface area (Å²) < 4.78 is 0. The van der Waals surface area contributed by atoms with Crippen molar-refractivity contribution in [3.05, 3.63) is 70.8 Å². The quantitative estimate of drug-likeness (QED) is 0.940. The average molecular weight is 324 g/mol. The molecule has 0 radical (unpaired) electrons. The first kappa shape index (κ1) is 16.7. The highest BCUT2D eigenvalue weighted by Gasteiger charge is 2.26. The normalized spacial score (nSPS) is 17.4. The Labute approximate surface area is 143 Å². The van der Waals surface area contributed by atoms with Crippen LogP contribution >= 0.6 is 0 Å². The molecule has 0 saturated carbocycles. The smallest absolute Gasteiger partial charge is 0.253 e. The molecular formula is C20H24N2O2. The van der Waals surface area contributed by atoms with Crippen molar-refractivity contribution >= 4 is 5.91 Å². The summed E-state index contributed by atoms with van der Waals surface area (Å²) in [6.45, 7) is 1.75. The third kappa shape index (κ3) is 3.35. The lowest BCUT2D eigenvalue weighted by molar-refractivity contribution is 0.0826. The minimum atomic E-state index is 0.0135. The van der Waals surface area contributed by atoms with Crippen LogP contribution in [0.4, 0.5) is 0 Å². The van der Waals surface area contributed by atoms with Gasteiger partial charge in [0.25, 0.3) is 5.91 Å². The number of fused-ring (bicyclic) bond motifs is 1. The van der Waals surface area contributed by atoms with Gasteiger partial charge in [-0.2, -0.15) is 0 Å². The predicted molar refractivity (Wildman–Crippen MR) is 94.8 cm³/mol. The molecule has 2 aromatic rings. The monoisotopic (exact) mass is 324 g/mol. The summed E-state index contributed by atoms with van der Waals surface area (Å²) in [5.74, 6) is 0.0135. The summed E-state index contributed by atoms with van der Waals surface area (Å²) in [6.07, 6.45) is 0.989. The molecule has 1 aliphatic heterocycles. The molecule has 0 spiro atoms. The van der Waals surface area contributed by atoms with Crippen LogP contribution in [0.3, 0.4) is 0 Å². The fraction of sp³-hybridized carbons (Fsp3) is 0.350. The number of amides is 1. The number of hydrogen-bond acceptors (Lipinski definition) is 3. The van der Waals surface area contributed by atoms with E-state index >= 15 is 0 Å². The summed E-state index contributed by atoms with van der Waals surface area (Å²) in [7, 11) is 3.52. The summed E-state index contributed by atoms with van der Waals surface area (Å²) in [5.41, 5.74) is 4.34. The van der Waals surface area contributed by atoms with Crippen molar-refractivity contribution in [2.45, 2.75) is 19.0 Å². The molecule has 24 heavy (non-hydrogen) atoms. The molecule has 3 rings (SSSR count). The summed E-state index contributed by atoms with van der Waals surface area (Å²) >= 11 is 0. The first-order chi connectivity index (χ1) is 11.6. The number of carbonyl (C=O) groups excluding carboxylic acids is 1. The first-order valence-corrected chi connectivity index (χ1v) is 8.33. The third-order valence-corrected chi connectivity index (χ3v) is 4.66. The highest BCUT2D eigenvalue weighted by molar-refractivity contribution is 5.94. The van der Waals surface area contributed by atoms with Crippen molar-refractivity contribution in [3.63, 3.8) is 0 Å². The van der Waals surface area contributed by atoms with Crippen LogP contribution in [0.2, 0.25) is 0 Å². The van der Waals surface area contributed by atoms with Crippen LogP contribution in [0.25, 0.3) is 0 Å². The number of carbonyl (C=O) groups is 1. The number of hydrogen-bond donors (Lipinski definition) is 1. The fourth-order valence-corrected chi connectivity index (χ4v) is 3.40. The van der Waals surface area contributed by atoms with Crippen molar-refractivity contribution in [1.29, 1.82) is 0 Å². The number of rotatable bonds is 4. The molecule has 0 fully saturated rings. The van der Waals surface area contributed by atoms with Crippen molar-refractivity contribution in [1.82, 2.24) is 9.80 Å². The van der Waals surface area contributed by atoms with Gasteiger partial charge >= 0.3 is 0 Å². The van der Waals surface area contributed by atoms with Gasteiger partial charge in [-0.05, 0) is 35.2 Å². The number of benzene rings is 2. The van der Waals surface area contributed by atoms with E-state index in [1.165, 1.54) is 11.1 Å². The van der Waals surface area contributed by atoms with Gasteiger partial charge in [-0.3, -0.25) is 9.69 Å². The summed E-state index contributed by atoms with van der Waals surface area (Å²) in [6, 6.07) is 16.1. The lowest BCUT2D eigenvalue weighted by Gasteiger charge is -2.36. The van der Waals surface area contributed by atoms with Gasteiger partial charge in [0, 0.05) is 32.7 Å². The van der Waals surface area contributed by atoms with E-state index in [0.717, 1.165) is 25.1 Å². The second kappa shape index (κ2) is 7.16. The van der Waals surface area contributed by atoms with Gasteiger partial charge < -0.3 is 10.0 Å². The highest BCUT2D eigenvalue weighted by Crippen LogP contribution is 2.30. The zero-order valence-corrected chi connectivity index (χ0v) is 14.3. The molecule has 1 N–H and O–H groups in total. The molecule has 0 saturated heterocycles. The van der Waals surface area contributed by atoms with Crippen LogP contribution in [0, 0.1) is 0 Å². The van der Waals surface area contributed by atoms with E-state index in [-0.39, 0.29) is 18.6 Å². The van der Waals surface area contributed by atoms with Crippen LogP contribution in [0.1, 0.15) is 33.1 Å². The minimum absolute atomic E-state index is 0.0135. The summed E-state index contributed by atoms with van der Waals surface area (Å²) in [5, 5.41) is 9.90. The Morgan fingerprint density at radius 1 is 1.21 bits per heavy atom. The topological polar surface area (TPSA) is 43.8 Å². The Kier molecular flexibility index (Phi) is 4.97. The van der Waals surface area contributed by atoms with E-state index in [2.05, 4.69) is 23.1 Å². The van der Waals surface area contributed by atoms with E-state index in [1.807, 2.05) is 30.3 Å². The second-order valence-corrected chi connectivity index (χ2v) is 6.52. The van der Waals surface area contributed by atoms with Gasteiger partial charge in [0.1, 0.15) is 0 Å². The molecule has 4 heteroatoms. The summed E-state index contributed by atoms with van der Waals surface area (Å²) in [4.78, 5) is 16.0. The zero-order chi connectivity index (χ0) is 17.1. The van der Waals surface area contributed by atoms with Crippen LogP contribution in [-0.2, 0) is 13.0 Å². The lowest BCUT2D eigenvalue weighted by Crippen LogP contribution is -2.36. The molecular weight excluding hydrogens is 300 g/mol. The van der Waals surface area contributed by atoms with Crippen LogP contribution in [0.15, 0.2) is 48.5 Å². The maximum absolute atomic E-state index is 12.1. The standard InChI is InChI=1S/C20H24N2O2/c1-21(2)20(24)17-8-5-6-15(12-17)13-22-11-10-16-7-3-4-9-18(16)19(22)14-23/h3-9,12,19,23H,10-11,13-14H2,1-2H3. The zero-order valence-electron chi connectivity index (χ0n) is 14.3.